The van der Waals surface area contributed by atoms with Crippen LogP contribution in [-0.4, -0.2) is 27.3 Å². The van der Waals surface area contributed by atoms with Crippen LogP contribution in [0.15, 0.2) is 6.07 Å². The van der Waals surface area contributed by atoms with E-state index in [0.717, 1.165) is 30.6 Å². The molecule has 1 aliphatic rings. The Morgan fingerprint density at radius 2 is 2.41 bits per heavy atom. The normalized spacial score (nSPS) is 20.7. The maximum absolute atomic E-state index is 4.47. The average molecular weight is 253 g/mol. The highest BCUT2D eigenvalue weighted by Crippen LogP contribution is 2.24. The van der Waals surface area contributed by atoms with Crippen molar-refractivity contribution < 1.29 is 0 Å². The quantitative estimate of drug-likeness (QED) is 0.875. The van der Waals surface area contributed by atoms with Gasteiger partial charge in [0.25, 0.3) is 0 Å². The monoisotopic (exact) mass is 253 g/mol. The van der Waals surface area contributed by atoms with Crippen LogP contribution in [0.5, 0.6) is 0 Å². The molecule has 1 unspecified atom stereocenters. The number of thioether (sulfide) groups is 1. The first kappa shape index (κ1) is 13.0. The molecule has 1 N–H and O–H groups in total. The van der Waals surface area contributed by atoms with Crippen molar-refractivity contribution in [2.75, 3.05) is 12.3 Å². The van der Waals surface area contributed by atoms with Crippen molar-refractivity contribution in [1.29, 1.82) is 0 Å². The van der Waals surface area contributed by atoms with Crippen LogP contribution in [-0.2, 0) is 13.1 Å². The molecule has 0 aliphatic carbocycles. The molecule has 0 saturated carbocycles. The summed E-state index contributed by atoms with van der Waals surface area (Å²) in [5.41, 5.74) is 2.43. The van der Waals surface area contributed by atoms with Crippen molar-refractivity contribution in [3.63, 3.8) is 0 Å². The molecule has 96 valence electrons. The minimum absolute atomic E-state index is 0.822. The predicted octanol–water partition coefficient (Wildman–Crippen LogP) is 2.59. The summed E-state index contributed by atoms with van der Waals surface area (Å²) in [5, 5.41) is 8.87. The molecular formula is C13H23N3S. The van der Waals surface area contributed by atoms with Crippen molar-refractivity contribution in [2.45, 2.75) is 51.4 Å². The summed E-state index contributed by atoms with van der Waals surface area (Å²) in [6.07, 6.45) is 4.19. The molecule has 0 aromatic carbocycles. The zero-order valence-corrected chi connectivity index (χ0v) is 11.7. The fourth-order valence-corrected chi connectivity index (χ4v) is 3.62. The van der Waals surface area contributed by atoms with Crippen LogP contribution in [0.4, 0.5) is 0 Å². The summed E-state index contributed by atoms with van der Waals surface area (Å²) in [7, 11) is 0. The first-order chi connectivity index (χ1) is 8.29. The van der Waals surface area contributed by atoms with Crippen molar-refractivity contribution in [2.24, 2.45) is 0 Å². The van der Waals surface area contributed by atoms with Gasteiger partial charge in [-0.15, -0.1) is 0 Å². The van der Waals surface area contributed by atoms with Gasteiger partial charge in [-0.1, -0.05) is 6.42 Å². The summed E-state index contributed by atoms with van der Waals surface area (Å²) in [4.78, 5) is 0. The largest absolute Gasteiger partial charge is 0.310 e. The van der Waals surface area contributed by atoms with Crippen molar-refractivity contribution in [1.82, 2.24) is 15.1 Å². The molecule has 0 bridgehead atoms. The number of nitrogens with zero attached hydrogens (tertiary/aromatic N) is 2. The van der Waals surface area contributed by atoms with Gasteiger partial charge in [-0.05, 0) is 38.5 Å². The molecule has 1 atom stereocenters. The van der Waals surface area contributed by atoms with Crippen molar-refractivity contribution in [3.05, 3.63) is 17.5 Å². The summed E-state index contributed by atoms with van der Waals surface area (Å²) < 4.78 is 2.09. The van der Waals surface area contributed by atoms with Crippen LogP contribution >= 0.6 is 11.8 Å². The zero-order valence-electron chi connectivity index (χ0n) is 10.9. The molecule has 2 heterocycles. The topological polar surface area (TPSA) is 29.9 Å². The Balaban J connectivity index is 1.76. The molecule has 1 aliphatic heterocycles. The summed E-state index contributed by atoms with van der Waals surface area (Å²) in [5.74, 6) is 1.35. The van der Waals surface area contributed by atoms with E-state index in [4.69, 9.17) is 0 Å². The van der Waals surface area contributed by atoms with Crippen LogP contribution in [0, 0.1) is 6.92 Å². The maximum atomic E-state index is 4.47. The second kappa shape index (κ2) is 6.45. The highest BCUT2D eigenvalue weighted by Gasteiger charge is 2.13. The van der Waals surface area contributed by atoms with Gasteiger partial charge >= 0.3 is 0 Å². The molecule has 1 aromatic heterocycles. The Labute approximate surface area is 108 Å². The standard InChI is InChI=1S/C13H23N3S/c1-3-16-12(8-11(2)15-16)9-14-10-13-6-4-5-7-17-13/h8,13-14H,3-7,9-10H2,1-2H3. The first-order valence-electron chi connectivity index (χ1n) is 6.65. The van der Waals surface area contributed by atoms with Gasteiger partial charge in [0.2, 0.25) is 0 Å². The van der Waals surface area contributed by atoms with Crippen LogP contribution in [0.1, 0.15) is 37.6 Å². The van der Waals surface area contributed by atoms with E-state index in [-0.39, 0.29) is 0 Å². The number of rotatable bonds is 5. The fourth-order valence-electron chi connectivity index (χ4n) is 2.34. The average Bonchev–Trinajstić information content (AvgIpc) is 2.71. The lowest BCUT2D eigenvalue weighted by atomic mass is 10.2. The predicted molar refractivity (Wildman–Crippen MR) is 74.4 cm³/mol. The van der Waals surface area contributed by atoms with Gasteiger partial charge in [-0.25, -0.2) is 0 Å². The van der Waals surface area contributed by atoms with Gasteiger partial charge in [0.15, 0.2) is 0 Å². The zero-order chi connectivity index (χ0) is 12.1. The van der Waals surface area contributed by atoms with Gasteiger partial charge in [0, 0.05) is 24.9 Å². The van der Waals surface area contributed by atoms with E-state index in [1.807, 2.05) is 0 Å². The van der Waals surface area contributed by atoms with E-state index >= 15 is 0 Å². The van der Waals surface area contributed by atoms with E-state index in [9.17, 15) is 0 Å². The van der Waals surface area contributed by atoms with Crippen LogP contribution < -0.4 is 5.32 Å². The van der Waals surface area contributed by atoms with Gasteiger partial charge in [-0.3, -0.25) is 4.68 Å². The Morgan fingerprint density at radius 1 is 1.53 bits per heavy atom. The molecule has 1 fully saturated rings. The molecule has 0 spiro atoms. The lowest BCUT2D eigenvalue weighted by Gasteiger charge is -2.21. The lowest BCUT2D eigenvalue weighted by Crippen LogP contribution is -2.27. The molecule has 4 heteroatoms. The number of nitrogens with one attached hydrogen (secondary N) is 1. The highest BCUT2D eigenvalue weighted by molar-refractivity contribution is 7.99. The van der Waals surface area contributed by atoms with E-state index in [2.05, 4.69) is 46.8 Å². The number of hydrogen-bond donors (Lipinski definition) is 1. The maximum Gasteiger partial charge on any atom is 0.0597 e. The van der Waals surface area contributed by atoms with E-state index in [0.29, 0.717) is 0 Å². The number of hydrogen-bond acceptors (Lipinski definition) is 3. The number of aryl methyl sites for hydroxylation is 2. The van der Waals surface area contributed by atoms with Crippen LogP contribution in [0.3, 0.4) is 0 Å². The number of aromatic nitrogens is 2. The minimum Gasteiger partial charge on any atom is -0.310 e. The second-order valence-corrected chi connectivity index (χ2v) is 6.12. The third kappa shape index (κ3) is 3.75. The second-order valence-electron chi connectivity index (χ2n) is 4.71. The minimum atomic E-state index is 0.822. The Kier molecular flexibility index (Phi) is 4.92. The van der Waals surface area contributed by atoms with Gasteiger partial charge in [-0.2, -0.15) is 16.9 Å². The summed E-state index contributed by atoms with van der Waals surface area (Å²) in [6.45, 7) is 7.26. The van der Waals surface area contributed by atoms with Crippen molar-refractivity contribution in [3.8, 4) is 0 Å². The van der Waals surface area contributed by atoms with Crippen molar-refractivity contribution >= 4 is 11.8 Å². The van der Waals surface area contributed by atoms with E-state index in [1.165, 1.54) is 30.7 Å². The molecule has 0 radical (unpaired) electrons. The Hall–Kier alpha value is -0.480. The lowest BCUT2D eigenvalue weighted by molar-refractivity contribution is 0.557. The molecule has 1 saturated heterocycles. The third-order valence-corrected chi connectivity index (χ3v) is 4.64. The molecule has 2 rings (SSSR count). The third-order valence-electron chi connectivity index (χ3n) is 3.24. The Bertz CT molecular complexity index is 342. The van der Waals surface area contributed by atoms with Gasteiger partial charge < -0.3 is 5.32 Å². The van der Waals surface area contributed by atoms with E-state index in [1.54, 1.807) is 0 Å². The van der Waals surface area contributed by atoms with Gasteiger partial charge in [0.1, 0.15) is 0 Å². The molecule has 0 amide bonds. The summed E-state index contributed by atoms with van der Waals surface area (Å²) >= 11 is 2.13. The SMILES string of the molecule is CCn1nc(C)cc1CNCC1CCCCS1. The first-order valence-corrected chi connectivity index (χ1v) is 7.70. The molecule has 3 nitrogen and oxygen atoms in total. The highest BCUT2D eigenvalue weighted by atomic mass is 32.2. The van der Waals surface area contributed by atoms with Crippen LogP contribution in [0.2, 0.25) is 0 Å². The smallest absolute Gasteiger partial charge is 0.0597 e. The fraction of sp³-hybridized carbons (Fsp3) is 0.769. The summed E-state index contributed by atoms with van der Waals surface area (Å²) in [6, 6.07) is 2.19. The Morgan fingerprint density at radius 3 is 3.12 bits per heavy atom. The van der Waals surface area contributed by atoms with Gasteiger partial charge in [0.05, 0.1) is 11.4 Å². The molecule has 1 aromatic rings. The molecular weight excluding hydrogens is 230 g/mol. The van der Waals surface area contributed by atoms with E-state index < -0.39 is 0 Å². The van der Waals surface area contributed by atoms with Crippen LogP contribution in [0.25, 0.3) is 0 Å². The molecule has 17 heavy (non-hydrogen) atoms.